The number of amides is 2. The Labute approximate surface area is 104 Å². The average molecular weight is 250 g/mol. The van der Waals surface area contributed by atoms with E-state index in [1.54, 1.807) is 20.8 Å². The molecule has 96 valence electrons. The van der Waals surface area contributed by atoms with Gasteiger partial charge in [-0.25, -0.2) is 0 Å². The highest BCUT2D eigenvalue weighted by molar-refractivity contribution is 6.06. The number of rotatable bonds is 2. The quantitative estimate of drug-likeness (QED) is 0.641. The predicted molar refractivity (Wildman–Crippen MR) is 65.0 cm³/mol. The Balaban J connectivity index is 2.80. The monoisotopic (exact) mass is 250 g/mol. The Morgan fingerprint density at radius 3 is 2.06 bits per heavy atom. The fourth-order valence-corrected chi connectivity index (χ4v) is 1.10. The Morgan fingerprint density at radius 1 is 1.17 bits per heavy atom. The molecule has 0 aliphatic rings. The van der Waals surface area contributed by atoms with Crippen LogP contribution in [0, 0.1) is 15.5 Å². The van der Waals surface area contributed by atoms with Gasteiger partial charge in [-0.3, -0.25) is 25.0 Å². The SMILES string of the molecule is CC(C)(C)C(=O)NC(=O)c1ccc([N+](=O)[O-])cc1. The first-order valence-corrected chi connectivity index (χ1v) is 5.32. The molecule has 0 fully saturated rings. The van der Waals surface area contributed by atoms with E-state index in [-0.39, 0.29) is 11.3 Å². The molecule has 0 spiro atoms. The van der Waals surface area contributed by atoms with Crippen molar-refractivity contribution in [2.75, 3.05) is 0 Å². The second-order valence-corrected chi connectivity index (χ2v) is 4.84. The van der Waals surface area contributed by atoms with Gasteiger partial charge in [-0.1, -0.05) is 20.8 Å². The number of hydrogen-bond donors (Lipinski definition) is 1. The number of carbonyl (C=O) groups is 2. The van der Waals surface area contributed by atoms with E-state index < -0.39 is 22.2 Å². The van der Waals surface area contributed by atoms with Gasteiger partial charge in [0.15, 0.2) is 0 Å². The maximum atomic E-state index is 11.7. The molecule has 0 aromatic heterocycles. The third-order valence-electron chi connectivity index (χ3n) is 2.25. The molecule has 2 amide bonds. The smallest absolute Gasteiger partial charge is 0.269 e. The summed E-state index contributed by atoms with van der Waals surface area (Å²) in [5, 5.41) is 12.7. The minimum absolute atomic E-state index is 0.103. The van der Waals surface area contributed by atoms with E-state index in [0.29, 0.717) is 0 Å². The van der Waals surface area contributed by atoms with Gasteiger partial charge >= 0.3 is 0 Å². The van der Waals surface area contributed by atoms with Crippen molar-refractivity contribution in [3.63, 3.8) is 0 Å². The molecule has 1 aromatic carbocycles. The van der Waals surface area contributed by atoms with Gasteiger partial charge in [0.25, 0.3) is 11.6 Å². The van der Waals surface area contributed by atoms with Gasteiger partial charge in [0.1, 0.15) is 0 Å². The zero-order chi connectivity index (χ0) is 13.9. The van der Waals surface area contributed by atoms with Crippen molar-refractivity contribution in [3.05, 3.63) is 39.9 Å². The molecule has 0 saturated heterocycles. The molecular formula is C12H14N2O4. The lowest BCUT2D eigenvalue weighted by Crippen LogP contribution is -2.38. The van der Waals surface area contributed by atoms with Crippen molar-refractivity contribution in [2.24, 2.45) is 5.41 Å². The fraction of sp³-hybridized carbons (Fsp3) is 0.333. The molecule has 1 aromatic rings. The van der Waals surface area contributed by atoms with Gasteiger partial charge in [-0.2, -0.15) is 0 Å². The van der Waals surface area contributed by atoms with Crippen LogP contribution in [0.25, 0.3) is 0 Å². The normalized spacial score (nSPS) is 10.8. The Kier molecular flexibility index (Phi) is 3.80. The zero-order valence-corrected chi connectivity index (χ0v) is 10.4. The Bertz CT molecular complexity index is 486. The van der Waals surface area contributed by atoms with Crippen LogP contribution in [0.5, 0.6) is 0 Å². The molecule has 0 atom stereocenters. The molecule has 0 unspecified atom stereocenters. The van der Waals surface area contributed by atoms with Crippen LogP contribution in [-0.4, -0.2) is 16.7 Å². The van der Waals surface area contributed by atoms with Gasteiger partial charge in [0.05, 0.1) is 4.92 Å². The van der Waals surface area contributed by atoms with Crippen molar-refractivity contribution in [1.82, 2.24) is 5.32 Å². The van der Waals surface area contributed by atoms with Crippen LogP contribution in [-0.2, 0) is 4.79 Å². The number of hydrogen-bond acceptors (Lipinski definition) is 4. The van der Waals surface area contributed by atoms with Crippen LogP contribution >= 0.6 is 0 Å². The average Bonchev–Trinajstić information content (AvgIpc) is 2.27. The first-order valence-electron chi connectivity index (χ1n) is 5.32. The molecule has 0 aliphatic heterocycles. The van der Waals surface area contributed by atoms with Crippen molar-refractivity contribution < 1.29 is 14.5 Å². The maximum Gasteiger partial charge on any atom is 0.269 e. The molecule has 0 radical (unpaired) electrons. The number of nitrogens with zero attached hydrogens (tertiary/aromatic N) is 1. The molecule has 0 aliphatic carbocycles. The third-order valence-corrected chi connectivity index (χ3v) is 2.25. The number of nitro groups is 1. The number of nitrogens with one attached hydrogen (secondary N) is 1. The molecule has 6 nitrogen and oxygen atoms in total. The first kappa shape index (κ1) is 13.8. The van der Waals surface area contributed by atoms with E-state index in [0.717, 1.165) is 0 Å². The van der Waals surface area contributed by atoms with Gasteiger partial charge in [0.2, 0.25) is 5.91 Å². The second-order valence-electron chi connectivity index (χ2n) is 4.84. The predicted octanol–water partition coefficient (Wildman–Crippen LogP) is 1.90. The lowest BCUT2D eigenvalue weighted by molar-refractivity contribution is -0.384. The number of benzene rings is 1. The van der Waals surface area contributed by atoms with Crippen LogP contribution in [0.2, 0.25) is 0 Å². The van der Waals surface area contributed by atoms with Gasteiger partial charge < -0.3 is 0 Å². The van der Waals surface area contributed by atoms with Gasteiger partial charge in [0, 0.05) is 23.1 Å². The largest absolute Gasteiger partial charge is 0.292 e. The summed E-state index contributed by atoms with van der Waals surface area (Å²) in [6.45, 7) is 5.06. The number of non-ortho nitro benzene ring substituents is 1. The lowest BCUT2D eigenvalue weighted by Gasteiger charge is -2.16. The standard InChI is InChI=1S/C12H14N2O4/c1-12(2,3)11(16)13-10(15)8-4-6-9(7-5-8)14(17)18/h4-7H,1-3H3,(H,13,15,16). The minimum Gasteiger partial charge on any atom is -0.292 e. The number of nitro benzene ring substituents is 1. The molecule has 0 bridgehead atoms. The van der Waals surface area contributed by atoms with Crippen LogP contribution in [0.4, 0.5) is 5.69 Å². The molecule has 1 N–H and O–H groups in total. The summed E-state index contributed by atoms with van der Waals surface area (Å²) in [6.07, 6.45) is 0. The summed E-state index contributed by atoms with van der Waals surface area (Å²) in [7, 11) is 0. The summed E-state index contributed by atoms with van der Waals surface area (Å²) in [6, 6.07) is 5.06. The van der Waals surface area contributed by atoms with E-state index in [2.05, 4.69) is 5.32 Å². The summed E-state index contributed by atoms with van der Waals surface area (Å²) < 4.78 is 0. The second kappa shape index (κ2) is 4.95. The van der Waals surface area contributed by atoms with Gasteiger partial charge in [-0.15, -0.1) is 0 Å². The zero-order valence-electron chi connectivity index (χ0n) is 10.4. The third kappa shape index (κ3) is 3.38. The van der Waals surface area contributed by atoms with Crippen molar-refractivity contribution >= 4 is 17.5 Å². The summed E-state index contributed by atoms with van der Waals surface area (Å²) >= 11 is 0. The Hall–Kier alpha value is -2.24. The summed E-state index contributed by atoms with van der Waals surface area (Å²) in [5.74, 6) is -0.962. The van der Waals surface area contributed by atoms with Crippen LogP contribution in [0.1, 0.15) is 31.1 Å². The number of carbonyl (C=O) groups excluding carboxylic acids is 2. The topological polar surface area (TPSA) is 89.3 Å². The van der Waals surface area contributed by atoms with E-state index in [1.165, 1.54) is 24.3 Å². The van der Waals surface area contributed by atoms with Gasteiger partial charge in [-0.05, 0) is 12.1 Å². The van der Waals surface area contributed by atoms with E-state index >= 15 is 0 Å². The fourth-order valence-electron chi connectivity index (χ4n) is 1.10. The highest BCUT2D eigenvalue weighted by Gasteiger charge is 2.23. The first-order chi connectivity index (χ1) is 8.21. The number of imide groups is 1. The van der Waals surface area contributed by atoms with E-state index in [9.17, 15) is 19.7 Å². The highest BCUT2D eigenvalue weighted by atomic mass is 16.6. The molecule has 18 heavy (non-hydrogen) atoms. The minimum atomic E-state index is -0.670. The van der Waals surface area contributed by atoms with Crippen LogP contribution < -0.4 is 5.32 Å². The lowest BCUT2D eigenvalue weighted by atomic mass is 9.95. The van der Waals surface area contributed by atoms with Crippen molar-refractivity contribution in [2.45, 2.75) is 20.8 Å². The molecule has 6 heteroatoms. The molecule has 0 saturated carbocycles. The molecular weight excluding hydrogens is 236 g/mol. The van der Waals surface area contributed by atoms with Crippen molar-refractivity contribution in [3.8, 4) is 0 Å². The van der Waals surface area contributed by atoms with E-state index in [1.807, 2.05) is 0 Å². The molecule has 1 rings (SSSR count). The van der Waals surface area contributed by atoms with Crippen LogP contribution in [0.3, 0.4) is 0 Å². The van der Waals surface area contributed by atoms with Crippen molar-refractivity contribution in [1.29, 1.82) is 0 Å². The summed E-state index contributed by atoms with van der Waals surface area (Å²) in [4.78, 5) is 33.2. The highest BCUT2D eigenvalue weighted by Crippen LogP contribution is 2.14. The molecule has 0 heterocycles. The maximum absolute atomic E-state index is 11.7. The van der Waals surface area contributed by atoms with E-state index in [4.69, 9.17) is 0 Å². The Morgan fingerprint density at radius 2 is 1.67 bits per heavy atom. The van der Waals surface area contributed by atoms with Crippen LogP contribution in [0.15, 0.2) is 24.3 Å². The summed E-state index contributed by atoms with van der Waals surface area (Å²) in [5.41, 5.74) is -0.567.